The second-order valence-electron chi connectivity index (χ2n) is 8.66. The zero-order valence-electron chi connectivity index (χ0n) is 18.9. The van der Waals surface area contributed by atoms with Crippen molar-refractivity contribution in [2.75, 3.05) is 32.7 Å². The summed E-state index contributed by atoms with van der Waals surface area (Å²) >= 11 is 0. The fourth-order valence-electron chi connectivity index (χ4n) is 4.19. The van der Waals surface area contributed by atoms with Crippen molar-refractivity contribution in [2.45, 2.75) is 38.7 Å². The number of aryl methyl sites for hydroxylation is 2. The van der Waals surface area contributed by atoms with Crippen LogP contribution in [0.1, 0.15) is 38.2 Å². The van der Waals surface area contributed by atoms with Crippen LogP contribution in [0.15, 0.2) is 36.4 Å². The van der Waals surface area contributed by atoms with Crippen molar-refractivity contribution in [1.82, 2.24) is 9.80 Å². The smallest absolute Gasteiger partial charge is 0.333 e. The van der Waals surface area contributed by atoms with Crippen LogP contribution in [0.4, 0.5) is 26.3 Å². The summed E-state index contributed by atoms with van der Waals surface area (Å²) < 4.78 is 79.8. The Morgan fingerprint density at radius 2 is 1.56 bits per heavy atom. The maximum atomic E-state index is 13.3. The molecule has 0 aliphatic carbocycles. The largest absolute Gasteiger partial charge is 0.416 e. The molecule has 3 rings (SSSR count). The van der Waals surface area contributed by atoms with Gasteiger partial charge in [0.2, 0.25) is 0 Å². The van der Waals surface area contributed by atoms with Gasteiger partial charge in [-0.1, -0.05) is 18.2 Å². The van der Waals surface area contributed by atoms with E-state index in [1.54, 1.807) is 0 Å². The molecule has 1 amide bonds. The molecule has 1 heterocycles. The summed E-state index contributed by atoms with van der Waals surface area (Å²) in [4.78, 5) is 16.7. The molecule has 2 aromatic rings. The standard InChI is InChI=1S/C24H27F6N3O/c1-15-3-4-17(9-16(15)2)10-21-14-32(6-5-31)7-8-33(21)22(34)18-11-19(23(25,26)27)13-20(12-18)24(28,29)30/h3-4,9,11-13,21H,5-8,10,14,31H2,1-2H3. The second-order valence-corrected chi connectivity index (χ2v) is 8.66. The van der Waals surface area contributed by atoms with Gasteiger partial charge in [0.05, 0.1) is 11.1 Å². The molecule has 1 aliphatic heterocycles. The Kier molecular flexibility index (Phi) is 7.62. The number of amides is 1. The van der Waals surface area contributed by atoms with Gasteiger partial charge >= 0.3 is 12.4 Å². The van der Waals surface area contributed by atoms with Gasteiger partial charge in [0, 0.05) is 44.3 Å². The van der Waals surface area contributed by atoms with Gasteiger partial charge in [-0.05, 0) is 55.2 Å². The Morgan fingerprint density at radius 1 is 0.941 bits per heavy atom. The van der Waals surface area contributed by atoms with Crippen LogP contribution in [0, 0.1) is 13.8 Å². The van der Waals surface area contributed by atoms with Crippen LogP contribution in [0.25, 0.3) is 0 Å². The van der Waals surface area contributed by atoms with Crippen molar-refractivity contribution in [3.8, 4) is 0 Å². The van der Waals surface area contributed by atoms with Gasteiger partial charge < -0.3 is 10.6 Å². The van der Waals surface area contributed by atoms with Gasteiger partial charge in [-0.25, -0.2) is 0 Å². The van der Waals surface area contributed by atoms with Crippen molar-refractivity contribution in [1.29, 1.82) is 0 Å². The van der Waals surface area contributed by atoms with Crippen molar-refractivity contribution >= 4 is 5.91 Å². The Morgan fingerprint density at radius 3 is 2.09 bits per heavy atom. The summed E-state index contributed by atoms with van der Waals surface area (Å²) in [6.07, 6.45) is -9.62. The number of piperazine rings is 1. The lowest BCUT2D eigenvalue weighted by Crippen LogP contribution is -2.56. The number of hydrogen-bond donors (Lipinski definition) is 1. The van der Waals surface area contributed by atoms with Gasteiger partial charge in [-0.15, -0.1) is 0 Å². The summed E-state index contributed by atoms with van der Waals surface area (Å²) in [7, 11) is 0. The van der Waals surface area contributed by atoms with Crippen LogP contribution < -0.4 is 5.73 Å². The minimum Gasteiger partial charge on any atom is -0.333 e. The van der Waals surface area contributed by atoms with Crippen LogP contribution in [-0.4, -0.2) is 54.5 Å². The van der Waals surface area contributed by atoms with E-state index in [0.717, 1.165) is 16.7 Å². The van der Waals surface area contributed by atoms with Crippen LogP contribution >= 0.6 is 0 Å². The molecule has 0 aromatic heterocycles. The van der Waals surface area contributed by atoms with Crippen LogP contribution in [0.3, 0.4) is 0 Å². The molecule has 2 aromatic carbocycles. The number of carbonyl (C=O) groups is 1. The lowest BCUT2D eigenvalue weighted by atomic mass is 9.97. The quantitative estimate of drug-likeness (QED) is 0.624. The first kappa shape index (κ1) is 26.0. The number of benzene rings is 2. The molecule has 1 saturated heterocycles. The predicted molar refractivity (Wildman–Crippen MR) is 116 cm³/mol. The summed E-state index contributed by atoms with van der Waals surface area (Å²) in [6.45, 7) is 5.90. The van der Waals surface area contributed by atoms with Crippen molar-refractivity contribution in [2.24, 2.45) is 5.73 Å². The molecular formula is C24H27F6N3O. The maximum Gasteiger partial charge on any atom is 0.416 e. The van der Waals surface area contributed by atoms with Gasteiger partial charge in [-0.2, -0.15) is 26.3 Å². The first-order chi connectivity index (χ1) is 15.8. The van der Waals surface area contributed by atoms with Gasteiger partial charge in [-0.3, -0.25) is 9.69 Å². The molecule has 1 atom stereocenters. The highest BCUT2D eigenvalue weighted by Crippen LogP contribution is 2.36. The third-order valence-corrected chi connectivity index (χ3v) is 6.15. The summed E-state index contributed by atoms with van der Waals surface area (Å²) in [5, 5.41) is 0. The van der Waals surface area contributed by atoms with Gasteiger partial charge in [0.15, 0.2) is 0 Å². The number of rotatable bonds is 5. The fraction of sp³-hybridized carbons (Fsp3) is 0.458. The monoisotopic (exact) mass is 487 g/mol. The molecular weight excluding hydrogens is 460 g/mol. The molecule has 0 radical (unpaired) electrons. The highest BCUT2D eigenvalue weighted by molar-refractivity contribution is 5.95. The molecule has 1 aliphatic rings. The second kappa shape index (κ2) is 9.95. The van der Waals surface area contributed by atoms with Crippen LogP contribution in [0.2, 0.25) is 0 Å². The molecule has 34 heavy (non-hydrogen) atoms. The van der Waals surface area contributed by atoms with Gasteiger partial charge in [0.25, 0.3) is 5.91 Å². The number of alkyl halides is 6. The van der Waals surface area contributed by atoms with E-state index in [1.807, 2.05) is 36.9 Å². The zero-order valence-corrected chi connectivity index (χ0v) is 18.9. The molecule has 4 nitrogen and oxygen atoms in total. The van der Waals surface area contributed by atoms with E-state index in [0.29, 0.717) is 44.7 Å². The number of hydrogen-bond acceptors (Lipinski definition) is 3. The average Bonchev–Trinajstić information content (AvgIpc) is 2.75. The van der Waals surface area contributed by atoms with Crippen LogP contribution in [-0.2, 0) is 18.8 Å². The third-order valence-electron chi connectivity index (χ3n) is 6.15. The van der Waals surface area contributed by atoms with E-state index in [-0.39, 0.29) is 12.6 Å². The summed E-state index contributed by atoms with van der Waals surface area (Å²) in [6, 6.07) is 6.43. The Bertz CT molecular complexity index is 1000. The molecule has 0 bridgehead atoms. The predicted octanol–water partition coefficient (Wildman–Crippen LogP) is 4.67. The topological polar surface area (TPSA) is 49.6 Å². The molecule has 10 heteroatoms. The molecule has 0 saturated carbocycles. The third kappa shape index (κ3) is 6.09. The van der Waals surface area contributed by atoms with E-state index in [1.165, 1.54) is 4.90 Å². The molecule has 1 unspecified atom stereocenters. The number of nitrogens with two attached hydrogens (primary N) is 1. The van der Waals surface area contributed by atoms with E-state index in [2.05, 4.69) is 0 Å². The normalized spacial score (nSPS) is 17.8. The molecule has 186 valence electrons. The Balaban J connectivity index is 1.97. The highest BCUT2D eigenvalue weighted by atomic mass is 19.4. The number of carbonyl (C=O) groups excluding carboxylic acids is 1. The van der Waals surface area contributed by atoms with E-state index < -0.39 is 41.0 Å². The Hall–Kier alpha value is -2.59. The summed E-state index contributed by atoms with van der Waals surface area (Å²) in [5.41, 5.74) is 5.11. The molecule has 2 N–H and O–H groups in total. The minimum atomic E-state index is -5.02. The van der Waals surface area contributed by atoms with E-state index >= 15 is 0 Å². The molecule has 1 fully saturated rings. The maximum absolute atomic E-state index is 13.3. The number of nitrogens with zero attached hydrogens (tertiary/aromatic N) is 2. The first-order valence-corrected chi connectivity index (χ1v) is 10.9. The lowest BCUT2D eigenvalue weighted by Gasteiger charge is -2.41. The van der Waals surface area contributed by atoms with Crippen molar-refractivity contribution in [3.63, 3.8) is 0 Å². The first-order valence-electron chi connectivity index (χ1n) is 10.9. The number of halogens is 6. The lowest BCUT2D eigenvalue weighted by molar-refractivity contribution is -0.143. The van der Waals surface area contributed by atoms with Gasteiger partial charge in [0.1, 0.15) is 0 Å². The molecule has 0 spiro atoms. The summed E-state index contributed by atoms with van der Waals surface area (Å²) in [5.74, 6) is -0.849. The van der Waals surface area contributed by atoms with Crippen molar-refractivity contribution in [3.05, 3.63) is 69.8 Å². The van der Waals surface area contributed by atoms with E-state index in [9.17, 15) is 31.1 Å². The van der Waals surface area contributed by atoms with E-state index in [4.69, 9.17) is 5.73 Å². The fourth-order valence-corrected chi connectivity index (χ4v) is 4.19. The SMILES string of the molecule is Cc1ccc(CC2CN(CCN)CCN2C(=O)c2cc(C(F)(F)F)cc(C(F)(F)F)c2)cc1C. The van der Waals surface area contributed by atoms with Crippen molar-refractivity contribution < 1.29 is 31.1 Å². The highest BCUT2D eigenvalue weighted by Gasteiger charge is 2.39. The Labute approximate surface area is 194 Å². The average molecular weight is 487 g/mol. The van der Waals surface area contributed by atoms with Crippen LogP contribution in [0.5, 0.6) is 0 Å². The zero-order chi connectivity index (χ0) is 25.3. The minimum absolute atomic E-state index is 0.0303.